The normalized spacial score (nSPS) is 23.2. The molecule has 0 N–H and O–H groups in total. The number of ketones is 1. The topological polar surface area (TPSA) is 17.1 Å². The highest BCUT2D eigenvalue weighted by atomic mass is 79.9. The van der Waals surface area contributed by atoms with Crippen molar-refractivity contribution in [3.05, 3.63) is 0 Å². The first-order valence-electron chi connectivity index (χ1n) is 4.89. The third-order valence-corrected chi connectivity index (χ3v) is 3.10. The number of carbonyl (C=O) groups is 1. The largest absolute Gasteiger partial charge is 0.298 e. The Bertz CT molecular complexity index is 146. The van der Waals surface area contributed by atoms with Gasteiger partial charge in [0, 0.05) is 5.92 Å². The van der Waals surface area contributed by atoms with E-state index in [1.165, 1.54) is 25.7 Å². The zero-order valence-corrected chi connectivity index (χ0v) is 9.27. The fourth-order valence-corrected chi connectivity index (χ4v) is 2.26. The Morgan fingerprint density at radius 3 is 2.17 bits per heavy atom. The van der Waals surface area contributed by atoms with Crippen LogP contribution in [0.25, 0.3) is 0 Å². The van der Waals surface area contributed by atoms with Gasteiger partial charge in [0.15, 0.2) is 0 Å². The molecule has 0 bridgehead atoms. The fraction of sp³-hybridized carbons (Fsp3) is 0.900. The molecule has 1 aliphatic carbocycles. The third kappa shape index (κ3) is 2.89. The number of Topliss-reactive ketones (excluding diaryl/α,β-unsaturated/α-hetero) is 1. The molecule has 0 spiro atoms. The van der Waals surface area contributed by atoms with Crippen LogP contribution in [0.1, 0.15) is 45.4 Å². The predicted molar refractivity (Wildman–Crippen MR) is 54.6 cm³/mol. The zero-order valence-electron chi connectivity index (χ0n) is 7.68. The van der Waals surface area contributed by atoms with Crippen LogP contribution in [-0.4, -0.2) is 10.6 Å². The Morgan fingerprint density at radius 2 is 1.75 bits per heavy atom. The first-order chi connectivity index (χ1) is 5.72. The van der Waals surface area contributed by atoms with Crippen LogP contribution >= 0.6 is 15.9 Å². The van der Waals surface area contributed by atoms with Crippen molar-refractivity contribution >= 4 is 21.7 Å². The molecule has 2 heteroatoms. The summed E-state index contributed by atoms with van der Waals surface area (Å²) in [6, 6.07) is 0. The lowest BCUT2D eigenvalue weighted by atomic mass is 9.94. The van der Waals surface area contributed by atoms with Crippen LogP contribution in [0.4, 0.5) is 0 Å². The van der Waals surface area contributed by atoms with E-state index in [1.807, 2.05) is 6.92 Å². The van der Waals surface area contributed by atoms with E-state index in [-0.39, 0.29) is 4.83 Å². The molecular formula is C10H17BrO. The molecule has 1 atom stereocenters. The summed E-state index contributed by atoms with van der Waals surface area (Å²) in [7, 11) is 0. The van der Waals surface area contributed by atoms with Crippen LogP contribution in [0, 0.1) is 5.92 Å². The average Bonchev–Trinajstić information content (AvgIpc) is 2.30. The van der Waals surface area contributed by atoms with Gasteiger partial charge in [-0.1, -0.05) is 41.6 Å². The summed E-state index contributed by atoms with van der Waals surface area (Å²) in [6.45, 7) is 1.94. The second-order valence-corrected chi connectivity index (χ2v) is 5.08. The lowest BCUT2D eigenvalue weighted by Gasteiger charge is -2.13. The van der Waals surface area contributed by atoms with E-state index in [1.54, 1.807) is 0 Å². The average molecular weight is 233 g/mol. The quantitative estimate of drug-likeness (QED) is 0.528. The van der Waals surface area contributed by atoms with Gasteiger partial charge in [0.25, 0.3) is 0 Å². The van der Waals surface area contributed by atoms with Gasteiger partial charge in [0.05, 0.1) is 4.83 Å². The summed E-state index contributed by atoms with van der Waals surface area (Å²) in [6.07, 6.45) is 7.37. The van der Waals surface area contributed by atoms with Crippen molar-refractivity contribution in [2.24, 2.45) is 5.92 Å². The molecule has 1 saturated carbocycles. The first kappa shape index (κ1) is 10.2. The maximum Gasteiger partial charge on any atom is 0.149 e. The number of alkyl halides is 1. The molecular weight excluding hydrogens is 216 g/mol. The lowest BCUT2D eigenvalue weighted by molar-refractivity contribution is -0.122. The number of halogens is 1. The molecule has 0 radical (unpaired) electrons. The summed E-state index contributed by atoms with van der Waals surface area (Å²) in [5.74, 6) is 0.763. The van der Waals surface area contributed by atoms with Crippen LogP contribution in [-0.2, 0) is 4.79 Å². The molecule has 0 heterocycles. The fourth-order valence-electron chi connectivity index (χ4n) is 1.89. The van der Waals surface area contributed by atoms with Crippen LogP contribution in [0.2, 0.25) is 0 Å². The molecule has 12 heavy (non-hydrogen) atoms. The van der Waals surface area contributed by atoms with E-state index in [2.05, 4.69) is 15.9 Å². The summed E-state index contributed by atoms with van der Waals surface area (Å²) in [5, 5.41) is 0. The highest BCUT2D eigenvalue weighted by molar-refractivity contribution is 9.10. The van der Waals surface area contributed by atoms with Crippen molar-refractivity contribution < 1.29 is 4.79 Å². The number of rotatable bonds is 2. The van der Waals surface area contributed by atoms with Gasteiger partial charge in [-0.05, 0) is 19.8 Å². The molecule has 1 nitrogen and oxygen atoms in total. The summed E-state index contributed by atoms with van der Waals surface area (Å²) < 4.78 is 0. The van der Waals surface area contributed by atoms with Crippen LogP contribution in [0.3, 0.4) is 0 Å². The number of hydrogen-bond acceptors (Lipinski definition) is 1. The van der Waals surface area contributed by atoms with Gasteiger partial charge in [0.2, 0.25) is 0 Å². The minimum atomic E-state index is 0.0561. The van der Waals surface area contributed by atoms with E-state index in [4.69, 9.17) is 0 Å². The van der Waals surface area contributed by atoms with Crippen molar-refractivity contribution in [2.75, 3.05) is 0 Å². The Labute approximate surface area is 83.0 Å². The van der Waals surface area contributed by atoms with Crippen molar-refractivity contribution in [3.8, 4) is 0 Å². The highest BCUT2D eigenvalue weighted by Crippen LogP contribution is 2.25. The minimum absolute atomic E-state index is 0.0561. The third-order valence-electron chi connectivity index (χ3n) is 2.65. The second-order valence-electron chi connectivity index (χ2n) is 3.71. The van der Waals surface area contributed by atoms with E-state index < -0.39 is 0 Å². The molecule has 1 aliphatic rings. The van der Waals surface area contributed by atoms with Crippen LogP contribution < -0.4 is 0 Å². The zero-order chi connectivity index (χ0) is 8.97. The highest BCUT2D eigenvalue weighted by Gasteiger charge is 2.22. The van der Waals surface area contributed by atoms with Crippen LogP contribution in [0.5, 0.6) is 0 Å². The Balaban J connectivity index is 2.43. The number of hydrogen-bond donors (Lipinski definition) is 0. The molecule has 0 aromatic heterocycles. The molecule has 1 rings (SSSR count). The van der Waals surface area contributed by atoms with Crippen molar-refractivity contribution in [3.63, 3.8) is 0 Å². The maximum atomic E-state index is 11.6. The monoisotopic (exact) mass is 232 g/mol. The molecule has 0 aromatic carbocycles. The standard InChI is InChI=1S/C10H17BrO/c1-8(11)10(12)9-6-4-2-3-5-7-9/h8-9H,2-7H2,1H3. The smallest absolute Gasteiger partial charge is 0.149 e. The van der Waals surface area contributed by atoms with E-state index in [9.17, 15) is 4.79 Å². The summed E-state index contributed by atoms with van der Waals surface area (Å²) in [5.41, 5.74) is 0. The Kier molecular flexibility index (Phi) is 4.27. The Morgan fingerprint density at radius 1 is 1.25 bits per heavy atom. The molecule has 0 aromatic rings. The molecule has 0 amide bonds. The molecule has 1 fully saturated rings. The maximum absolute atomic E-state index is 11.6. The van der Waals surface area contributed by atoms with Crippen LogP contribution in [0.15, 0.2) is 0 Å². The van der Waals surface area contributed by atoms with Gasteiger partial charge in [0.1, 0.15) is 5.78 Å². The number of carbonyl (C=O) groups excluding carboxylic acids is 1. The Hall–Kier alpha value is 0.150. The first-order valence-corrected chi connectivity index (χ1v) is 5.81. The van der Waals surface area contributed by atoms with Gasteiger partial charge in [-0.15, -0.1) is 0 Å². The van der Waals surface area contributed by atoms with E-state index in [0.717, 1.165) is 12.8 Å². The van der Waals surface area contributed by atoms with Crippen molar-refractivity contribution in [1.82, 2.24) is 0 Å². The molecule has 0 aliphatic heterocycles. The van der Waals surface area contributed by atoms with Gasteiger partial charge in [-0.25, -0.2) is 0 Å². The summed E-state index contributed by atoms with van der Waals surface area (Å²) >= 11 is 3.35. The second kappa shape index (κ2) is 5.00. The van der Waals surface area contributed by atoms with Gasteiger partial charge in [-0.2, -0.15) is 0 Å². The van der Waals surface area contributed by atoms with Gasteiger partial charge >= 0.3 is 0 Å². The SMILES string of the molecule is CC(Br)C(=O)C1CCCCCC1. The van der Waals surface area contributed by atoms with E-state index >= 15 is 0 Å². The lowest BCUT2D eigenvalue weighted by Crippen LogP contribution is -2.20. The van der Waals surface area contributed by atoms with Crippen molar-refractivity contribution in [1.29, 1.82) is 0 Å². The van der Waals surface area contributed by atoms with Crippen molar-refractivity contribution in [2.45, 2.75) is 50.3 Å². The predicted octanol–water partition coefficient (Wildman–Crippen LogP) is 3.31. The molecule has 0 saturated heterocycles. The molecule has 1 unspecified atom stereocenters. The van der Waals surface area contributed by atoms with Gasteiger partial charge in [-0.3, -0.25) is 4.79 Å². The van der Waals surface area contributed by atoms with E-state index in [0.29, 0.717) is 11.7 Å². The van der Waals surface area contributed by atoms with Gasteiger partial charge < -0.3 is 0 Å². The molecule has 70 valence electrons. The summed E-state index contributed by atoms with van der Waals surface area (Å²) in [4.78, 5) is 11.7. The minimum Gasteiger partial charge on any atom is -0.298 e.